The van der Waals surface area contributed by atoms with E-state index in [0.717, 1.165) is 27.6 Å². The fourth-order valence-corrected chi connectivity index (χ4v) is 3.09. The monoisotopic (exact) mass is 379 g/mol. The lowest BCUT2D eigenvalue weighted by Crippen LogP contribution is -2.28. The largest absolute Gasteiger partial charge is 0.308 e. The molecular formula is C15H11Br2NO. The van der Waals surface area contributed by atoms with Crippen molar-refractivity contribution in [3.63, 3.8) is 0 Å². The Kier molecular flexibility index (Phi) is 3.46. The number of hydrogen-bond donors (Lipinski definition) is 0. The molecule has 2 aromatic carbocycles. The van der Waals surface area contributed by atoms with Crippen molar-refractivity contribution in [2.45, 2.75) is 6.42 Å². The Morgan fingerprint density at radius 3 is 2.63 bits per heavy atom. The molecule has 0 bridgehead atoms. The van der Waals surface area contributed by atoms with Crippen molar-refractivity contribution >= 4 is 43.5 Å². The highest BCUT2D eigenvalue weighted by Gasteiger charge is 2.25. The lowest BCUT2D eigenvalue weighted by atomic mass is 10.1. The van der Waals surface area contributed by atoms with Crippen LogP contribution in [0, 0.1) is 0 Å². The molecule has 0 radical (unpaired) electrons. The first-order chi connectivity index (χ1) is 9.15. The second-order valence-electron chi connectivity index (χ2n) is 4.49. The van der Waals surface area contributed by atoms with E-state index in [0.29, 0.717) is 5.56 Å². The maximum atomic E-state index is 12.6. The van der Waals surface area contributed by atoms with Gasteiger partial charge in [0.2, 0.25) is 0 Å². The number of hydrogen-bond acceptors (Lipinski definition) is 1. The number of rotatable bonds is 1. The van der Waals surface area contributed by atoms with E-state index in [2.05, 4.69) is 37.9 Å². The third-order valence-corrected chi connectivity index (χ3v) is 4.25. The first kappa shape index (κ1) is 12.9. The predicted molar refractivity (Wildman–Crippen MR) is 83.7 cm³/mol. The van der Waals surface area contributed by atoms with Crippen molar-refractivity contribution < 1.29 is 4.79 Å². The van der Waals surface area contributed by atoms with Gasteiger partial charge in [-0.15, -0.1) is 0 Å². The van der Waals surface area contributed by atoms with Crippen molar-refractivity contribution in [2.75, 3.05) is 11.4 Å². The number of fused-ring (bicyclic) bond motifs is 1. The van der Waals surface area contributed by atoms with Gasteiger partial charge >= 0.3 is 0 Å². The first-order valence-corrected chi connectivity index (χ1v) is 7.59. The fourth-order valence-electron chi connectivity index (χ4n) is 2.34. The molecule has 0 N–H and O–H groups in total. The van der Waals surface area contributed by atoms with Crippen LogP contribution in [0.5, 0.6) is 0 Å². The van der Waals surface area contributed by atoms with Crippen LogP contribution in [-0.2, 0) is 6.42 Å². The standard InChI is InChI=1S/C15H11Br2NO/c16-12-3-1-2-11(8-12)15(19)18-7-6-10-4-5-13(17)9-14(10)18/h1-5,8-9H,6-7H2. The molecule has 1 aliphatic rings. The summed E-state index contributed by atoms with van der Waals surface area (Å²) in [6.45, 7) is 0.747. The molecule has 2 nitrogen and oxygen atoms in total. The number of carbonyl (C=O) groups excluding carboxylic acids is 1. The van der Waals surface area contributed by atoms with E-state index in [-0.39, 0.29) is 5.91 Å². The SMILES string of the molecule is O=C(c1cccc(Br)c1)N1CCc2ccc(Br)cc21. The molecule has 0 atom stereocenters. The van der Waals surface area contributed by atoms with Gasteiger partial charge in [-0.2, -0.15) is 0 Å². The van der Waals surface area contributed by atoms with Crippen LogP contribution in [0.2, 0.25) is 0 Å². The van der Waals surface area contributed by atoms with E-state index in [1.165, 1.54) is 5.56 Å². The highest BCUT2D eigenvalue weighted by atomic mass is 79.9. The van der Waals surface area contributed by atoms with Gasteiger partial charge in [0, 0.05) is 26.7 Å². The van der Waals surface area contributed by atoms with Gasteiger partial charge in [-0.3, -0.25) is 4.79 Å². The van der Waals surface area contributed by atoms with E-state index in [1.54, 1.807) is 0 Å². The maximum Gasteiger partial charge on any atom is 0.258 e. The third kappa shape index (κ3) is 2.47. The molecule has 19 heavy (non-hydrogen) atoms. The molecule has 1 amide bonds. The first-order valence-electron chi connectivity index (χ1n) is 6.01. The van der Waals surface area contributed by atoms with E-state index in [9.17, 15) is 4.79 Å². The van der Waals surface area contributed by atoms with E-state index >= 15 is 0 Å². The summed E-state index contributed by atoms with van der Waals surface area (Å²) < 4.78 is 1.92. The Hall–Kier alpha value is -1.13. The lowest BCUT2D eigenvalue weighted by Gasteiger charge is -2.17. The van der Waals surface area contributed by atoms with Crippen molar-refractivity contribution in [2.24, 2.45) is 0 Å². The van der Waals surface area contributed by atoms with Crippen molar-refractivity contribution in [3.05, 3.63) is 62.5 Å². The molecule has 0 fully saturated rings. The van der Waals surface area contributed by atoms with E-state index < -0.39 is 0 Å². The van der Waals surface area contributed by atoms with Crippen LogP contribution in [0.3, 0.4) is 0 Å². The molecule has 3 rings (SSSR count). The second kappa shape index (κ2) is 5.10. The molecule has 2 aromatic rings. The molecule has 0 aromatic heterocycles. The molecule has 0 spiro atoms. The van der Waals surface area contributed by atoms with Crippen LogP contribution < -0.4 is 4.90 Å². The van der Waals surface area contributed by atoms with Crippen LogP contribution in [0.15, 0.2) is 51.4 Å². The molecular weight excluding hydrogens is 370 g/mol. The fraction of sp³-hybridized carbons (Fsp3) is 0.133. The van der Waals surface area contributed by atoms with Gasteiger partial charge in [0.1, 0.15) is 0 Å². The number of carbonyl (C=O) groups is 1. The van der Waals surface area contributed by atoms with Gasteiger partial charge in [-0.25, -0.2) is 0 Å². The summed E-state index contributed by atoms with van der Waals surface area (Å²) >= 11 is 6.87. The van der Waals surface area contributed by atoms with Gasteiger partial charge in [-0.1, -0.05) is 44.0 Å². The molecule has 4 heteroatoms. The molecule has 96 valence electrons. The smallest absolute Gasteiger partial charge is 0.258 e. The van der Waals surface area contributed by atoms with Gasteiger partial charge in [0.15, 0.2) is 0 Å². The predicted octanol–water partition coefficient (Wildman–Crippen LogP) is 4.41. The van der Waals surface area contributed by atoms with Crippen LogP contribution in [0.25, 0.3) is 0 Å². The van der Waals surface area contributed by atoms with Crippen LogP contribution in [0.1, 0.15) is 15.9 Å². The Labute approximate surface area is 128 Å². The molecule has 1 aliphatic heterocycles. The van der Waals surface area contributed by atoms with Gasteiger partial charge in [0.05, 0.1) is 0 Å². The number of halogens is 2. The molecule has 0 saturated heterocycles. The lowest BCUT2D eigenvalue weighted by molar-refractivity contribution is 0.0989. The number of nitrogens with zero attached hydrogens (tertiary/aromatic N) is 1. The summed E-state index contributed by atoms with van der Waals surface area (Å²) in [7, 11) is 0. The van der Waals surface area contributed by atoms with Crippen molar-refractivity contribution in [3.8, 4) is 0 Å². The topological polar surface area (TPSA) is 20.3 Å². The van der Waals surface area contributed by atoms with Gasteiger partial charge in [0.25, 0.3) is 5.91 Å². The summed E-state index contributed by atoms with van der Waals surface area (Å²) in [5.74, 6) is 0.0538. The molecule has 1 heterocycles. The van der Waals surface area contributed by atoms with Crippen LogP contribution >= 0.6 is 31.9 Å². The van der Waals surface area contributed by atoms with E-state index in [1.807, 2.05) is 41.3 Å². The molecule has 0 saturated carbocycles. The second-order valence-corrected chi connectivity index (χ2v) is 6.32. The molecule has 0 unspecified atom stereocenters. The highest BCUT2D eigenvalue weighted by molar-refractivity contribution is 9.10. The highest BCUT2D eigenvalue weighted by Crippen LogP contribution is 2.32. The minimum Gasteiger partial charge on any atom is -0.308 e. The zero-order valence-corrected chi connectivity index (χ0v) is 13.2. The Morgan fingerprint density at radius 2 is 1.84 bits per heavy atom. The summed E-state index contributed by atoms with van der Waals surface area (Å²) in [6, 6.07) is 13.6. The summed E-state index contributed by atoms with van der Waals surface area (Å²) in [5.41, 5.74) is 2.95. The quantitative estimate of drug-likeness (QED) is 0.717. The van der Waals surface area contributed by atoms with Crippen LogP contribution in [0.4, 0.5) is 5.69 Å². The Balaban J connectivity index is 1.97. The third-order valence-electron chi connectivity index (χ3n) is 3.26. The summed E-state index contributed by atoms with van der Waals surface area (Å²) in [5, 5.41) is 0. The minimum absolute atomic E-state index is 0.0538. The normalized spacial score (nSPS) is 13.5. The van der Waals surface area contributed by atoms with E-state index in [4.69, 9.17) is 0 Å². The zero-order chi connectivity index (χ0) is 13.4. The molecule has 0 aliphatic carbocycles. The Bertz CT molecular complexity index is 654. The summed E-state index contributed by atoms with van der Waals surface area (Å²) in [6.07, 6.45) is 0.919. The number of anilines is 1. The van der Waals surface area contributed by atoms with Crippen molar-refractivity contribution in [1.29, 1.82) is 0 Å². The number of benzene rings is 2. The zero-order valence-electron chi connectivity index (χ0n) is 10.1. The van der Waals surface area contributed by atoms with Crippen LogP contribution in [-0.4, -0.2) is 12.5 Å². The minimum atomic E-state index is 0.0538. The average Bonchev–Trinajstić information content (AvgIpc) is 2.80. The van der Waals surface area contributed by atoms with Crippen molar-refractivity contribution in [1.82, 2.24) is 0 Å². The average molecular weight is 381 g/mol. The Morgan fingerprint density at radius 1 is 1.05 bits per heavy atom. The van der Waals surface area contributed by atoms with Gasteiger partial charge in [-0.05, 0) is 42.3 Å². The number of amides is 1. The maximum absolute atomic E-state index is 12.6. The summed E-state index contributed by atoms with van der Waals surface area (Å²) in [4.78, 5) is 14.4. The van der Waals surface area contributed by atoms with Gasteiger partial charge < -0.3 is 4.90 Å².